The molecule has 0 aliphatic heterocycles. The minimum Gasteiger partial charge on any atom is -0.456 e. The van der Waals surface area contributed by atoms with Crippen LogP contribution in [0, 0.1) is 22.7 Å². The highest BCUT2D eigenvalue weighted by Crippen LogP contribution is 2.43. The molecule has 0 fully saturated rings. The Balaban J connectivity index is 1.11. The molecule has 56 heavy (non-hydrogen) atoms. The zero-order valence-electron chi connectivity index (χ0n) is 29.6. The Bertz CT molecular complexity index is 3750. The quantitative estimate of drug-likeness (QED) is 0.182. The number of nitrogens with zero attached hydrogens (tertiary/aromatic N) is 4. The molecule has 0 bridgehead atoms. The summed E-state index contributed by atoms with van der Waals surface area (Å²) in [5, 5.41) is 29.6. The molecule has 0 spiro atoms. The minimum absolute atomic E-state index is 0.517. The molecule has 258 valence electrons. The van der Waals surface area contributed by atoms with Gasteiger partial charge < -0.3 is 18.0 Å². The standard InChI is InChI=1S/C50H26N4O2/c51-27-29-19-31(23-33(21-29)53-42-14-6-2-11-37(42)49-43(53)17-18-47-50(49)38-12-4-8-16-46(38)55-47)32-20-30(28-52)22-34(24-32)54-41-13-5-1-9-35(41)39-25-40-36-10-3-7-15-45(36)56-48(40)26-44(39)54/h1-26H. The third kappa shape index (κ3) is 4.18. The molecular weight excluding hydrogens is 689 g/mol. The average Bonchev–Trinajstić information content (AvgIpc) is 3.99. The third-order valence-corrected chi connectivity index (χ3v) is 11.3. The van der Waals surface area contributed by atoms with Crippen LogP contribution in [0.3, 0.4) is 0 Å². The maximum Gasteiger partial charge on any atom is 0.137 e. The summed E-state index contributed by atoms with van der Waals surface area (Å²) in [6.07, 6.45) is 0. The van der Waals surface area contributed by atoms with E-state index < -0.39 is 0 Å². The van der Waals surface area contributed by atoms with Crippen molar-refractivity contribution < 1.29 is 8.83 Å². The summed E-state index contributed by atoms with van der Waals surface area (Å²) in [5.41, 5.74) is 11.8. The summed E-state index contributed by atoms with van der Waals surface area (Å²) in [4.78, 5) is 0. The highest BCUT2D eigenvalue weighted by Gasteiger charge is 2.21. The van der Waals surface area contributed by atoms with Crippen LogP contribution >= 0.6 is 0 Å². The number of aromatic nitrogens is 2. The zero-order valence-corrected chi connectivity index (χ0v) is 29.6. The summed E-state index contributed by atoms with van der Waals surface area (Å²) in [6.45, 7) is 0. The van der Waals surface area contributed by atoms with Crippen molar-refractivity contribution in [2.45, 2.75) is 0 Å². The first-order valence-electron chi connectivity index (χ1n) is 18.4. The Morgan fingerprint density at radius 3 is 1.61 bits per heavy atom. The molecule has 0 saturated carbocycles. The summed E-state index contributed by atoms with van der Waals surface area (Å²) in [6, 6.07) is 58.2. The molecule has 0 atom stereocenters. The van der Waals surface area contributed by atoms with E-state index in [2.05, 4.69) is 100 Å². The number of hydrogen-bond acceptors (Lipinski definition) is 4. The van der Waals surface area contributed by atoms with Gasteiger partial charge >= 0.3 is 0 Å². The number of fused-ring (bicyclic) bond motifs is 13. The molecule has 0 amide bonds. The molecule has 6 nitrogen and oxygen atoms in total. The lowest BCUT2D eigenvalue weighted by Gasteiger charge is -2.14. The fourth-order valence-corrected chi connectivity index (χ4v) is 8.96. The van der Waals surface area contributed by atoms with E-state index >= 15 is 0 Å². The van der Waals surface area contributed by atoms with Gasteiger partial charge in [0.1, 0.15) is 22.3 Å². The number of benzene rings is 8. The maximum atomic E-state index is 10.4. The summed E-state index contributed by atoms with van der Waals surface area (Å²) in [7, 11) is 0. The predicted octanol–water partition coefficient (Wildman–Crippen LogP) is 13.1. The number of para-hydroxylation sites is 4. The normalized spacial score (nSPS) is 11.9. The minimum atomic E-state index is 0.517. The lowest BCUT2D eigenvalue weighted by molar-refractivity contribution is 0.669. The van der Waals surface area contributed by atoms with Crippen molar-refractivity contribution in [3.63, 3.8) is 0 Å². The van der Waals surface area contributed by atoms with Gasteiger partial charge in [-0.3, -0.25) is 0 Å². The second kappa shape index (κ2) is 11.2. The number of hydrogen-bond donors (Lipinski definition) is 0. The van der Waals surface area contributed by atoms with Gasteiger partial charge in [-0.05, 0) is 90.0 Å². The molecule has 0 unspecified atom stereocenters. The van der Waals surface area contributed by atoms with Crippen molar-refractivity contribution in [1.82, 2.24) is 9.13 Å². The van der Waals surface area contributed by atoms with Crippen molar-refractivity contribution in [1.29, 1.82) is 10.5 Å². The molecule has 0 aliphatic carbocycles. The SMILES string of the molecule is N#Cc1cc(-c2cc(C#N)cc(-n3c4ccccc4c4c5c(ccc43)oc3ccccc35)c2)cc(-n2c3ccccc3c3cc4c(cc32)oc2ccccc24)c1. The van der Waals surface area contributed by atoms with Crippen LogP contribution in [0.5, 0.6) is 0 Å². The molecule has 0 N–H and O–H groups in total. The molecular formula is C50H26N4O2. The number of furan rings is 2. The van der Waals surface area contributed by atoms with Crippen molar-refractivity contribution in [2.75, 3.05) is 0 Å². The lowest BCUT2D eigenvalue weighted by atomic mass is 9.99. The second-order valence-electron chi connectivity index (χ2n) is 14.4. The molecule has 6 heteroatoms. The molecule has 0 aliphatic rings. The predicted molar refractivity (Wildman–Crippen MR) is 225 cm³/mol. The van der Waals surface area contributed by atoms with Gasteiger partial charge in [-0.2, -0.15) is 10.5 Å². The smallest absolute Gasteiger partial charge is 0.137 e. The van der Waals surface area contributed by atoms with Crippen molar-refractivity contribution in [2.24, 2.45) is 0 Å². The Hall–Kier alpha value is -8.06. The van der Waals surface area contributed by atoms with Crippen LogP contribution in [0.4, 0.5) is 0 Å². The van der Waals surface area contributed by atoms with E-state index in [4.69, 9.17) is 8.83 Å². The first kappa shape index (κ1) is 30.4. The van der Waals surface area contributed by atoms with E-state index in [9.17, 15) is 10.5 Å². The average molecular weight is 715 g/mol. The van der Waals surface area contributed by atoms with Gasteiger partial charge in [-0.15, -0.1) is 0 Å². The van der Waals surface area contributed by atoms with Crippen LogP contribution in [0.25, 0.3) is 110 Å². The highest BCUT2D eigenvalue weighted by atomic mass is 16.3. The van der Waals surface area contributed by atoms with Gasteiger partial charge in [0.15, 0.2) is 0 Å². The van der Waals surface area contributed by atoms with Gasteiger partial charge in [-0.25, -0.2) is 0 Å². The van der Waals surface area contributed by atoms with E-state index in [1.54, 1.807) is 0 Å². The van der Waals surface area contributed by atoms with Gasteiger partial charge in [0.05, 0.1) is 45.3 Å². The molecule has 0 saturated heterocycles. The summed E-state index contributed by atoms with van der Waals surface area (Å²) < 4.78 is 17.1. The molecule has 4 heterocycles. The van der Waals surface area contributed by atoms with Crippen LogP contribution in [0.15, 0.2) is 167 Å². The molecule has 4 aromatic heterocycles. The largest absolute Gasteiger partial charge is 0.456 e. The van der Waals surface area contributed by atoms with Gasteiger partial charge in [0, 0.05) is 60.5 Å². The van der Waals surface area contributed by atoms with E-state index in [0.717, 1.165) is 110 Å². The lowest BCUT2D eigenvalue weighted by Crippen LogP contribution is -1.98. The highest BCUT2D eigenvalue weighted by molar-refractivity contribution is 6.27. The maximum absolute atomic E-state index is 10.4. The molecule has 0 radical (unpaired) electrons. The van der Waals surface area contributed by atoms with E-state index in [0.29, 0.717) is 11.1 Å². The Kier molecular flexibility index (Phi) is 6.10. The first-order chi connectivity index (χ1) is 27.6. The first-order valence-corrected chi connectivity index (χ1v) is 18.4. The van der Waals surface area contributed by atoms with E-state index in [1.807, 2.05) is 78.9 Å². The van der Waals surface area contributed by atoms with Gasteiger partial charge in [-0.1, -0.05) is 72.8 Å². The van der Waals surface area contributed by atoms with Crippen molar-refractivity contribution >= 4 is 87.5 Å². The monoisotopic (exact) mass is 714 g/mol. The zero-order chi connectivity index (χ0) is 37.1. The summed E-state index contributed by atoms with van der Waals surface area (Å²) >= 11 is 0. The fraction of sp³-hybridized carbons (Fsp3) is 0. The van der Waals surface area contributed by atoms with Crippen LogP contribution in [-0.4, -0.2) is 9.13 Å². The summed E-state index contributed by atoms with van der Waals surface area (Å²) in [5.74, 6) is 0. The van der Waals surface area contributed by atoms with E-state index in [-0.39, 0.29) is 0 Å². The van der Waals surface area contributed by atoms with Crippen molar-refractivity contribution in [3.8, 4) is 34.6 Å². The number of rotatable bonds is 3. The van der Waals surface area contributed by atoms with Crippen LogP contribution in [0.2, 0.25) is 0 Å². The second-order valence-corrected chi connectivity index (χ2v) is 14.4. The van der Waals surface area contributed by atoms with E-state index in [1.165, 1.54) is 0 Å². The number of nitriles is 2. The van der Waals surface area contributed by atoms with Gasteiger partial charge in [0.2, 0.25) is 0 Å². The molecule has 8 aromatic carbocycles. The van der Waals surface area contributed by atoms with Crippen LogP contribution in [-0.2, 0) is 0 Å². The Morgan fingerprint density at radius 2 is 0.911 bits per heavy atom. The van der Waals surface area contributed by atoms with Gasteiger partial charge in [0.25, 0.3) is 0 Å². The van der Waals surface area contributed by atoms with Crippen molar-refractivity contribution in [3.05, 3.63) is 169 Å². The Labute approximate surface area is 318 Å². The third-order valence-electron chi connectivity index (χ3n) is 11.3. The molecule has 12 aromatic rings. The molecule has 12 rings (SSSR count). The Morgan fingerprint density at radius 1 is 0.357 bits per heavy atom. The fourth-order valence-electron chi connectivity index (χ4n) is 8.96. The topological polar surface area (TPSA) is 83.7 Å². The van der Waals surface area contributed by atoms with Crippen LogP contribution in [0.1, 0.15) is 11.1 Å². The van der Waals surface area contributed by atoms with Crippen LogP contribution < -0.4 is 0 Å².